The molecule has 0 amide bonds. The number of nitrogens with zero attached hydrogens (tertiary/aromatic N) is 1. The molecular formula is C21H25NO6. The molecule has 1 aliphatic rings. The topological polar surface area (TPSA) is 77.5 Å². The molecule has 0 aliphatic carbocycles. The van der Waals surface area contributed by atoms with Crippen molar-refractivity contribution in [2.24, 2.45) is 0 Å². The summed E-state index contributed by atoms with van der Waals surface area (Å²) in [5.41, 5.74) is 1.30. The maximum Gasteiger partial charge on any atom is 0.303 e. The van der Waals surface area contributed by atoms with Crippen LogP contribution in [0.1, 0.15) is 18.1 Å². The van der Waals surface area contributed by atoms with Crippen LogP contribution < -0.4 is 19.1 Å². The minimum absolute atomic E-state index is 0.257. The van der Waals surface area contributed by atoms with Gasteiger partial charge in [0, 0.05) is 31.2 Å². The standard InChI is InChI=1S/C21H25NO6/c1-14(24)28-21(13-23)12-22(11-15-7-5-6-8-17(15)21)18-9-16(25-2)10-19(26-3)20(18)27-4/h5-10,23H,11-13H2,1-4H3. The number of benzene rings is 2. The molecule has 1 N–H and O–H groups in total. The van der Waals surface area contributed by atoms with Gasteiger partial charge >= 0.3 is 5.97 Å². The summed E-state index contributed by atoms with van der Waals surface area (Å²) in [4.78, 5) is 13.8. The average molecular weight is 387 g/mol. The summed E-state index contributed by atoms with van der Waals surface area (Å²) in [5.74, 6) is 1.21. The number of fused-ring (bicyclic) bond motifs is 1. The van der Waals surface area contributed by atoms with E-state index in [2.05, 4.69) is 0 Å². The van der Waals surface area contributed by atoms with Gasteiger partial charge in [-0.1, -0.05) is 24.3 Å². The highest BCUT2D eigenvalue weighted by Crippen LogP contribution is 2.45. The number of rotatable bonds is 6. The highest BCUT2D eigenvalue weighted by atomic mass is 16.6. The van der Waals surface area contributed by atoms with Gasteiger partial charge in [0.2, 0.25) is 0 Å². The lowest BCUT2D eigenvalue weighted by molar-refractivity contribution is -0.162. The molecule has 7 heteroatoms. The lowest BCUT2D eigenvalue weighted by Gasteiger charge is -2.43. The second-order valence-corrected chi connectivity index (χ2v) is 6.64. The van der Waals surface area contributed by atoms with Crippen LogP contribution in [-0.2, 0) is 21.7 Å². The number of methoxy groups -OCH3 is 3. The van der Waals surface area contributed by atoms with Crippen LogP contribution >= 0.6 is 0 Å². The molecule has 150 valence electrons. The fourth-order valence-electron chi connectivity index (χ4n) is 3.73. The van der Waals surface area contributed by atoms with Crippen molar-refractivity contribution in [1.29, 1.82) is 0 Å². The molecule has 0 radical (unpaired) electrons. The second kappa shape index (κ2) is 7.98. The van der Waals surface area contributed by atoms with E-state index in [1.807, 2.05) is 35.2 Å². The second-order valence-electron chi connectivity index (χ2n) is 6.64. The number of aliphatic hydroxyl groups excluding tert-OH is 1. The maximum atomic E-state index is 11.8. The van der Waals surface area contributed by atoms with Crippen molar-refractivity contribution in [3.05, 3.63) is 47.5 Å². The van der Waals surface area contributed by atoms with E-state index in [4.69, 9.17) is 18.9 Å². The molecule has 1 heterocycles. The minimum atomic E-state index is -1.18. The molecule has 0 saturated heterocycles. The molecule has 1 unspecified atom stereocenters. The van der Waals surface area contributed by atoms with Crippen molar-refractivity contribution in [2.45, 2.75) is 19.1 Å². The molecule has 3 rings (SSSR count). The highest BCUT2D eigenvalue weighted by molar-refractivity contribution is 5.70. The normalized spacial score (nSPS) is 18.2. The zero-order valence-electron chi connectivity index (χ0n) is 16.5. The summed E-state index contributed by atoms with van der Waals surface area (Å²) in [6.07, 6.45) is 0. The molecular weight excluding hydrogens is 362 g/mol. The van der Waals surface area contributed by atoms with Crippen LogP contribution in [0.2, 0.25) is 0 Å². The highest BCUT2D eigenvalue weighted by Gasteiger charge is 2.43. The van der Waals surface area contributed by atoms with Crippen molar-refractivity contribution in [2.75, 3.05) is 39.4 Å². The largest absolute Gasteiger partial charge is 0.497 e. The zero-order valence-corrected chi connectivity index (χ0v) is 16.5. The third-order valence-corrected chi connectivity index (χ3v) is 4.92. The molecule has 0 bridgehead atoms. The van der Waals surface area contributed by atoms with Crippen LogP contribution in [0.25, 0.3) is 0 Å². The van der Waals surface area contributed by atoms with Crippen molar-refractivity contribution in [3.8, 4) is 17.2 Å². The molecule has 7 nitrogen and oxygen atoms in total. The first-order valence-electron chi connectivity index (χ1n) is 8.91. The molecule has 0 saturated carbocycles. The van der Waals surface area contributed by atoms with E-state index in [9.17, 15) is 9.90 Å². The summed E-state index contributed by atoms with van der Waals surface area (Å²) in [7, 11) is 4.70. The quantitative estimate of drug-likeness (QED) is 0.763. The fraction of sp³-hybridized carbons (Fsp3) is 0.381. The van der Waals surface area contributed by atoms with Crippen molar-refractivity contribution in [1.82, 2.24) is 0 Å². The Bertz CT molecular complexity index is 868. The monoisotopic (exact) mass is 387 g/mol. The van der Waals surface area contributed by atoms with E-state index in [1.165, 1.54) is 6.92 Å². The number of ether oxygens (including phenoxy) is 4. The summed E-state index contributed by atoms with van der Waals surface area (Å²) in [5, 5.41) is 10.2. The van der Waals surface area contributed by atoms with Crippen LogP contribution in [0, 0.1) is 0 Å². The van der Waals surface area contributed by atoms with Crippen molar-refractivity contribution >= 4 is 11.7 Å². The van der Waals surface area contributed by atoms with Gasteiger partial charge in [0.1, 0.15) is 5.75 Å². The SMILES string of the molecule is COc1cc(OC)c(OC)c(N2Cc3ccccc3C(CO)(OC(C)=O)C2)c1. The molecule has 2 aromatic rings. The first-order valence-corrected chi connectivity index (χ1v) is 8.91. The summed E-state index contributed by atoms with van der Waals surface area (Å²) >= 11 is 0. The first-order chi connectivity index (χ1) is 13.5. The van der Waals surface area contributed by atoms with Gasteiger partial charge < -0.3 is 29.0 Å². The Morgan fingerprint density at radius 2 is 1.89 bits per heavy atom. The fourth-order valence-corrected chi connectivity index (χ4v) is 3.73. The average Bonchev–Trinajstić information content (AvgIpc) is 2.71. The smallest absolute Gasteiger partial charge is 0.303 e. The van der Waals surface area contributed by atoms with Crippen LogP contribution in [0.3, 0.4) is 0 Å². The Hall–Kier alpha value is -2.93. The number of anilines is 1. The van der Waals surface area contributed by atoms with Gasteiger partial charge in [-0.3, -0.25) is 4.79 Å². The lowest BCUT2D eigenvalue weighted by Crippen LogP contribution is -2.50. The lowest BCUT2D eigenvalue weighted by atomic mass is 9.85. The van der Waals surface area contributed by atoms with Crippen molar-refractivity contribution < 1.29 is 28.8 Å². The summed E-state index contributed by atoms with van der Waals surface area (Å²) in [6.45, 7) is 1.80. The van der Waals surface area contributed by atoms with Crippen LogP contribution in [0.15, 0.2) is 36.4 Å². The number of hydrogen-bond acceptors (Lipinski definition) is 7. The number of carbonyl (C=O) groups is 1. The van der Waals surface area contributed by atoms with Gasteiger partial charge in [-0.2, -0.15) is 0 Å². The predicted molar refractivity (Wildman–Crippen MR) is 104 cm³/mol. The van der Waals surface area contributed by atoms with Gasteiger partial charge in [0.15, 0.2) is 17.1 Å². The number of hydrogen-bond donors (Lipinski definition) is 1. The molecule has 28 heavy (non-hydrogen) atoms. The van der Waals surface area contributed by atoms with E-state index in [-0.39, 0.29) is 13.2 Å². The molecule has 0 aromatic heterocycles. The van der Waals surface area contributed by atoms with Gasteiger partial charge in [-0.15, -0.1) is 0 Å². The van der Waals surface area contributed by atoms with Gasteiger partial charge in [-0.25, -0.2) is 0 Å². The molecule has 1 aliphatic heterocycles. The maximum absolute atomic E-state index is 11.8. The molecule has 2 aromatic carbocycles. The Morgan fingerprint density at radius 3 is 2.50 bits per heavy atom. The Balaban J connectivity index is 2.16. The molecule has 1 atom stereocenters. The van der Waals surface area contributed by atoms with E-state index in [0.717, 1.165) is 16.8 Å². The van der Waals surface area contributed by atoms with Crippen molar-refractivity contribution in [3.63, 3.8) is 0 Å². The van der Waals surface area contributed by atoms with Gasteiger partial charge in [0.25, 0.3) is 0 Å². The Kier molecular flexibility index (Phi) is 5.65. The van der Waals surface area contributed by atoms with Crippen LogP contribution in [0.5, 0.6) is 17.2 Å². The summed E-state index contributed by atoms with van der Waals surface area (Å²) in [6, 6.07) is 11.2. The number of esters is 1. The Labute approximate surface area is 164 Å². The number of aliphatic hydroxyl groups is 1. The minimum Gasteiger partial charge on any atom is -0.497 e. The van der Waals surface area contributed by atoms with E-state index in [1.54, 1.807) is 27.4 Å². The molecule has 0 fully saturated rings. The molecule has 0 spiro atoms. The van der Waals surface area contributed by atoms with Crippen LogP contribution in [-0.4, -0.2) is 45.6 Å². The van der Waals surface area contributed by atoms with Crippen LogP contribution in [0.4, 0.5) is 5.69 Å². The third kappa shape index (κ3) is 3.45. The van der Waals surface area contributed by atoms with E-state index < -0.39 is 11.6 Å². The zero-order chi connectivity index (χ0) is 20.3. The van der Waals surface area contributed by atoms with Gasteiger partial charge in [0.05, 0.1) is 40.2 Å². The first kappa shape index (κ1) is 19.8. The predicted octanol–water partition coefficient (Wildman–Crippen LogP) is 2.48. The van der Waals surface area contributed by atoms with E-state index >= 15 is 0 Å². The Morgan fingerprint density at radius 1 is 1.14 bits per heavy atom. The van der Waals surface area contributed by atoms with Gasteiger partial charge in [-0.05, 0) is 5.56 Å². The number of carbonyl (C=O) groups excluding carboxylic acids is 1. The third-order valence-electron chi connectivity index (χ3n) is 4.92. The van der Waals surface area contributed by atoms with E-state index in [0.29, 0.717) is 23.8 Å². The summed E-state index contributed by atoms with van der Waals surface area (Å²) < 4.78 is 22.1.